The lowest BCUT2D eigenvalue weighted by molar-refractivity contribution is -0.382. The van der Waals surface area contributed by atoms with Gasteiger partial charge in [-0.15, -0.1) is 0 Å². The van der Waals surface area contributed by atoms with Gasteiger partial charge in [-0.25, -0.2) is 0 Å². The highest BCUT2D eigenvalue weighted by atomic mass is 16.6. The summed E-state index contributed by atoms with van der Waals surface area (Å²) in [4.78, 5) is 14.2. The smallest absolute Gasteiger partial charge is 0.302 e. The van der Waals surface area contributed by atoms with Crippen molar-refractivity contribution in [3.8, 4) is 11.3 Å². The lowest BCUT2D eigenvalue weighted by Gasteiger charge is -1.97. The molecule has 4 heteroatoms. The van der Waals surface area contributed by atoms with Crippen LogP contribution in [-0.2, 0) is 0 Å². The fraction of sp³-hybridized carbons (Fsp3) is 0.0667. The van der Waals surface area contributed by atoms with Crippen molar-refractivity contribution in [1.29, 1.82) is 0 Å². The van der Waals surface area contributed by atoms with Gasteiger partial charge in [0.25, 0.3) is 0 Å². The van der Waals surface area contributed by atoms with E-state index in [0.29, 0.717) is 11.1 Å². The minimum atomic E-state index is -0.319. The van der Waals surface area contributed by atoms with E-state index in [2.05, 4.69) is 4.98 Å². The molecule has 3 rings (SSSR count). The van der Waals surface area contributed by atoms with Gasteiger partial charge in [0.05, 0.1) is 15.8 Å². The summed E-state index contributed by atoms with van der Waals surface area (Å²) >= 11 is 0. The number of aryl methyl sites for hydroxylation is 1. The Morgan fingerprint density at radius 1 is 1.11 bits per heavy atom. The van der Waals surface area contributed by atoms with Gasteiger partial charge in [-0.3, -0.25) is 10.1 Å². The second-order valence-corrected chi connectivity index (χ2v) is 4.52. The van der Waals surface area contributed by atoms with E-state index in [9.17, 15) is 10.1 Å². The van der Waals surface area contributed by atoms with E-state index in [-0.39, 0.29) is 10.6 Å². The maximum absolute atomic E-state index is 11.4. The van der Waals surface area contributed by atoms with Crippen molar-refractivity contribution in [3.63, 3.8) is 0 Å². The number of H-pyrrole nitrogens is 1. The van der Waals surface area contributed by atoms with Crippen molar-refractivity contribution < 1.29 is 4.92 Å². The molecule has 0 aliphatic carbocycles. The molecule has 0 saturated heterocycles. The molecule has 3 aromatic rings. The molecule has 1 N–H and O–H groups in total. The number of rotatable bonds is 2. The van der Waals surface area contributed by atoms with Crippen LogP contribution in [0.4, 0.5) is 5.69 Å². The molecule has 0 unspecified atom stereocenters. The minimum Gasteiger partial charge on any atom is -0.349 e. The molecule has 2 aromatic carbocycles. The number of hydrogen-bond donors (Lipinski definition) is 1. The molecule has 0 aliphatic heterocycles. The van der Waals surface area contributed by atoms with E-state index in [0.717, 1.165) is 16.6 Å². The first-order chi connectivity index (χ1) is 9.16. The molecule has 94 valence electrons. The number of benzene rings is 2. The Labute approximate surface area is 109 Å². The second-order valence-electron chi connectivity index (χ2n) is 4.52. The van der Waals surface area contributed by atoms with Gasteiger partial charge in [-0.05, 0) is 19.1 Å². The molecule has 0 amide bonds. The normalized spacial score (nSPS) is 10.8. The summed E-state index contributed by atoms with van der Waals surface area (Å²) in [6.45, 7) is 1.93. The Morgan fingerprint density at radius 2 is 1.84 bits per heavy atom. The van der Waals surface area contributed by atoms with Crippen LogP contribution in [0.25, 0.3) is 22.2 Å². The van der Waals surface area contributed by atoms with Crippen molar-refractivity contribution >= 4 is 16.6 Å². The second kappa shape index (κ2) is 4.24. The maximum Gasteiger partial charge on any atom is 0.302 e. The van der Waals surface area contributed by atoms with E-state index in [1.165, 1.54) is 0 Å². The van der Waals surface area contributed by atoms with Gasteiger partial charge in [-0.1, -0.05) is 42.0 Å². The summed E-state index contributed by atoms with van der Waals surface area (Å²) in [6, 6.07) is 15.0. The van der Waals surface area contributed by atoms with Gasteiger partial charge in [0.1, 0.15) is 5.69 Å². The summed E-state index contributed by atoms with van der Waals surface area (Å²) in [5, 5.41) is 12.0. The van der Waals surface area contributed by atoms with Gasteiger partial charge in [-0.2, -0.15) is 0 Å². The number of aromatic amines is 1. The van der Waals surface area contributed by atoms with Crippen LogP contribution in [0.5, 0.6) is 0 Å². The van der Waals surface area contributed by atoms with Crippen molar-refractivity contribution in [2.75, 3.05) is 0 Å². The van der Waals surface area contributed by atoms with Gasteiger partial charge >= 0.3 is 5.69 Å². The molecule has 0 radical (unpaired) electrons. The Hall–Kier alpha value is -2.62. The van der Waals surface area contributed by atoms with Gasteiger partial charge in [0.2, 0.25) is 0 Å². The molecule has 0 atom stereocenters. The lowest BCUT2D eigenvalue weighted by Crippen LogP contribution is -1.89. The first-order valence-corrected chi connectivity index (χ1v) is 5.99. The number of nitro groups is 1. The topological polar surface area (TPSA) is 58.9 Å². The standard InChI is InChI=1S/C15H12N2O2/c1-10-7-8-13-12(9-10)15(17(18)19)14(16-13)11-5-3-2-4-6-11/h2-9,16H,1H3. The van der Waals surface area contributed by atoms with E-state index in [1.54, 1.807) is 0 Å². The molecule has 0 fully saturated rings. The summed E-state index contributed by atoms with van der Waals surface area (Å²) < 4.78 is 0. The number of hydrogen-bond acceptors (Lipinski definition) is 2. The van der Waals surface area contributed by atoms with Crippen LogP contribution in [0, 0.1) is 17.0 Å². The largest absolute Gasteiger partial charge is 0.349 e. The van der Waals surface area contributed by atoms with Crippen LogP contribution in [0.1, 0.15) is 5.56 Å². The van der Waals surface area contributed by atoms with Crippen molar-refractivity contribution in [2.24, 2.45) is 0 Å². The lowest BCUT2D eigenvalue weighted by atomic mass is 10.1. The molecule has 0 bridgehead atoms. The zero-order valence-electron chi connectivity index (χ0n) is 10.4. The fourth-order valence-electron chi connectivity index (χ4n) is 2.29. The molecule has 0 aliphatic rings. The quantitative estimate of drug-likeness (QED) is 0.552. The molecule has 19 heavy (non-hydrogen) atoms. The third-order valence-corrected chi connectivity index (χ3v) is 3.17. The molecular weight excluding hydrogens is 240 g/mol. The van der Waals surface area contributed by atoms with Gasteiger partial charge in [0, 0.05) is 5.56 Å². The molecule has 1 aromatic heterocycles. The van der Waals surface area contributed by atoms with E-state index < -0.39 is 0 Å². The molecular formula is C15H12N2O2. The van der Waals surface area contributed by atoms with Gasteiger partial charge in [0.15, 0.2) is 0 Å². The van der Waals surface area contributed by atoms with Crippen LogP contribution < -0.4 is 0 Å². The highest BCUT2D eigenvalue weighted by molar-refractivity contribution is 5.97. The van der Waals surface area contributed by atoms with Crippen molar-refractivity contribution in [2.45, 2.75) is 6.92 Å². The summed E-state index contributed by atoms with van der Waals surface area (Å²) in [6.07, 6.45) is 0. The minimum absolute atomic E-state index is 0.143. The average molecular weight is 252 g/mol. The molecule has 4 nitrogen and oxygen atoms in total. The Kier molecular flexibility index (Phi) is 2.56. The highest BCUT2D eigenvalue weighted by Gasteiger charge is 2.22. The van der Waals surface area contributed by atoms with Gasteiger partial charge < -0.3 is 4.98 Å². The number of aromatic nitrogens is 1. The third kappa shape index (κ3) is 1.87. The van der Waals surface area contributed by atoms with Crippen molar-refractivity contribution in [1.82, 2.24) is 4.98 Å². The zero-order chi connectivity index (χ0) is 13.4. The summed E-state index contributed by atoms with van der Waals surface area (Å²) in [7, 11) is 0. The van der Waals surface area contributed by atoms with Crippen LogP contribution in [0.15, 0.2) is 48.5 Å². The monoisotopic (exact) mass is 252 g/mol. The first-order valence-electron chi connectivity index (χ1n) is 5.99. The number of fused-ring (bicyclic) bond motifs is 1. The van der Waals surface area contributed by atoms with Crippen LogP contribution in [-0.4, -0.2) is 9.91 Å². The predicted octanol–water partition coefficient (Wildman–Crippen LogP) is 4.05. The highest BCUT2D eigenvalue weighted by Crippen LogP contribution is 2.36. The Morgan fingerprint density at radius 3 is 2.53 bits per heavy atom. The van der Waals surface area contributed by atoms with E-state index >= 15 is 0 Å². The van der Waals surface area contributed by atoms with Crippen LogP contribution in [0.3, 0.4) is 0 Å². The summed E-state index contributed by atoms with van der Waals surface area (Å²) in [5.41, 5.74) is 3.32. The summed E-state index contributed by atoms with van der Waals surface area (Å²) in [5.74, 6) is 0. The van der Waals surface area contributed by atoms with E-state index in [1.807, 2.05) is 55.5 Å². The molecule has 1 heterocycles. The van der Waals surface area contributed by atoms with E-state index in [4.69, 9.17) is 0 Å². The predicted molar refractivity (Wildman–Crippen MR) is 75.1 cm³/mol. The van der Waals surface area contributed by atoms with Crippen LogP contribution in [0.2, 0.25) is 0 Å². The Bertz CT molecular complexity index is 760. The number of nitrogens with zero attached hydrogens (tertiary/aromatic N) is 1. The fourth-order valence-corrected chi connectivity index (χ4v) is 2.29. The number of nitrogens with one attached hydrogen (secondary N) is 1. The average Bonchev–Trinajstić information content (AvgIpc) is 2.78. The Balaban J connectivity index is 2.36. The third-order valence-electron chi connectivity index (χ3n) is 3.17. The first kappa shape index (κ1) is 11.5. The van der Waals surface area contributed by atoms with Crippen molar-refractivity contribution in [3.05, 3.63) is 64.2 Å². The SMILES string of the molecule is Cc1ccc2[nH]c(-c3ccccc3)c([N+](=O)[O-])c2c1. The van der Waals surface area contributed by atoms with Crippen LogP contribution >= 0.6 is 0 Å². The molecule has 0 saturated carbocycles. The zero-order valence-corrected chi connectivity index (χ0v) is 10.4. The maximum atomic E-state index is 11.4. The molecule has 0 spiro atoms.